The van der Waals surface area contributed by atoms with Gasteiger partial charge in [0.2, 0.25) is 0 Å². The van der Waals surface area contributed by atoms with Crippen molar-refractivity contribution in [3.8, 4) is 0 Å². The minimum Gasteiger partial charge on any atom is -0.300 e. The quantitative estimate of drug-likeness (QED) is 0.736. The van der Waals surface area contributed by atoms with E-state index in [0.717, 1.165) is 6.42 Å². The summed E-state index contributed by atoms with van der Waals surface area (Å²) in [6, 6.07) is 10.2. The highest BCUT2D eigenvalue weighted by Crippen LogP contribution is 2.29. The fourth-order valence-electron chi connectivity index (χ4n) is 1.91. The summed E-state index contributed by atoms with van der Waals surface area (Å²) in [6.07, 6.45) is 0.847. The van der Waals surface area contributed by atoms with E-state index in [2.05, 4.69) is 32.9 Å². The highest BCUT2D eigenvalue weighted by molar-refractivity contribution is 5.79. The van der Waals surface area contributed by atoms with Gasteiger partial charge in [-0.1, -0.05) is 51.1 Å². The molecular weight excluding hydrogens is 184 g/mol. The first-order valence-corrected chi connectivity index (χ1v) is 5.45. The lowest BCUT2D eigenvalue weighted by Crippen LogP contribution is -2.28. The van der Waals surface area contributed by atoms with E-state index < -0.39 is 0 Å². The predicted octanol–water partition coefficient (Wildman–Crippen LogP) is 3.48. The summed E-state index contributed by atoms with van der Waals surface area (Å²) in [6.45, 7) is 8.07. The van der Waals surface area contributed by atoms with Gasteiger partial charge in [-0.05, 0) is 24.3 Å². The zero-order valence-corrected chi connectivity index (χ0v) is 10.1. The van der Waals surface area contributed by atoms with Crippen molar-refractivity contribution in [1.82, 2.24) is 0 Å². The van der Waals surface area contributed by atoms with Crippen LogP contribution in [-0.4, -0.2) is 5.78 Å². The summed E-state index contributed by atoms with van der Waals surface area (Å²) < 4.78 is 0. The van der Waals surface area contributed by atoms with Crippen molar-refractivity contribution in [1.29, 1.82) is 0 Å². The third kappa shape index (κ3) is 3.50. The summed E-state index contributed by atoms with van der Waals surface area (Å²) in [4.78, 5) is 11.6. The van der Waals surface area contributed by atoms with Gasteiger partial charge in [-0.3, -0.25) is 4.79 Å². The van der Waals surface area contributed by atoms with E-state index in [1.54, 1.807) is 6.92 Å². The number of ketones is 1. The van der Waals surface area contributed by atoms with Crippen molar-refractivity contribution < 1.29 is 4.79 Å². The second-order valence-electron chi connectivity index (χ2n) is 5.22. The van der Waals surface area contributed by atoms with Gasteiger partial charge in [0, 0.05) is 5.92 Å². The minimum absolute atomic E-state index is 0.0433. The number of rotatable bonds is 3. The molecule has 0 aliphatic carbocycles. The molecule has 1 unspecified atom stereocenters. The predicted molar refractivity (Wildman–Crippen MR) is 63.8 cm³/mol. The molecule has 0 saturated carbocycles. The molecule has 0 amide bonds. The second kappa shape index (κ2) is 4.61. The van der Waals surface area contributed by atoms with Crippen LogP contribution in [0.2, 0.25) is 0 Å². The average molecular weight is 204 g/mol. The van der Waals surface area contributed by atoms with Crippen molar-refractivity contribution in [2.45, 2.75) is 34.1 Å². The SMILES string of the molecule is CC(=O)C(Cc1ccccc1)C(C)(C)C. The Morgan fingerprint density at radius 2 is 1.73 bits per heavy atom. The van der Waals surface area contributed by atoms with Gasteiger partial charge in [0.1, 0.15) is 5.78 Å². The summed E-state index contributed by atoms with van der Waals surface area (Å²) in [5.41, 5.74) is 1.29. The lowest BCUT2D eigenvalue weighted by Gasteiger charge is -2.28. The Labute approximate surface area is 92.5 Å². The molecule has 0 N–H and O–H groups in total. The van der Waals surface area contributed by atoms with Crippen LogP contribution in [0.25, 0.3) is 0 Å². The van der Waals surface area contributed by atoms with Crippen molar-refractivity contribution in [3.05, 3.63) is 35.9 Å². The minimum atomic E-state index is 0.0433. The molecule has 1 rings (SSSR count). The first kappa shape index (κ1) is 12.0. The Kier molecular flexibility index (Phi) is 3.67. The average Bonchev–Trinajstić information content (AvgIpc) is 2.13. The van der Waals surface area contributed by atoms with Crippen LogP contribution in [0.5, 0.6) is 0 Å². The van der Waals surface area contributed by atoms with Crippen molar-refractivity contribution in [2.24, 2.45) is 11.3 Å². The lowest BCUT2D eigenvalue weighted by molar-refractivity contribution is -0.123. The van der Waals surface area contributed by atoms with Crippen LogP contribution < -0.4 is 0 Å². The maximum absolute atomic E-state index is 11.6. The molecule has 0 bridgehead atoms. The molecule has 0 heterocycles. The van der Waals surface area contributed by atoms with Crippen LogP contribution >= 0.6 is 0 Å². The molecular formula is C14H20O. The van der Waals surface area contributed by atoms with E-state index in [1.165, 1.54) is 5.56 Å². The first-order valence-electron chi connectivity index (χ1n) is 5.45. The maximum Gasteiger partial charge on any atom is 0.133 e. The van der Waals surface area contributed by atoms with Crippen LogP contribution in [0, 0.1) is 11.3 Å². The molecule has 0 saturated heterocycles. The number of carbonyl (C=O) groups excluding carboxylic acids is 1. The number of benzene rings is 1. The molecule has 1 atom stereocenters. The van der Waals surface area contributed by atoms with Crippen molar-refractivity contribution in [3.63, 3.8) is 0 Å². The molecule has 0 aliphatic rings. The van der Waals surface area contributed by atoms with E-state index in [-0.39, 0.29) is 17.1 Å². The lowest BCUT2D eigenvalue weighted by atomic mass is 9.75. The largest absolute Gasteiger partial charge is 0.300 e. The molecule has 1 aromatic rings. The topological polar surface area (TPSA) is 17.1 Å². The van der Waals surface area contributed by atoms with Gasteiger partial charge in [-0.2, -0.15) is 0 Å². The molecule has 1 heteroatoms. The molecule has 0 spiro atoms. The van der Waals surface area contributed by atoms with Gasteiger partial charge >= 0.3 is 0 Å². The van der Waals surface area contributed by atoms with Crippen molar-refractivity contribution in [2.75, 3.05) is 0 Å². The Balaban J connectivity index is 2.82. The number of carbonyl (C=O) groups is 1. The standard InChI is InChI=1S/C14H20O/c1-11(15)13(14(2,3)4)10-12-8-6-5-7-9-12/h5-9,13H,10H2,1-4H3. The van der Waals surface area contributed by atoms with E-state index in [1.807, 2.05) is 18.2 Å². The molecule has 0 aromatic heterocycles. The molecule has 0 fully saturated rings. The van der Waals surface area contributed by atoms with Gasteiger partial charge in [-0.15, -0.1) is 0 Å². The summed E-state index contributed by atoms with van der Waals surface area (Å²) in [5, 5.41) is 0. The molecule has 82 valence electrons. The second-order valence-corrected chi connectivity index (χ2v) is 5.22. The molecule has 0 radical (unpaired) electrons. The molecule has 0 aliphatic heterocycles. The highest BCUT2D eigenvalue weighted by Gasteiger charge is 2.28. The van der Waals surface area contributed by atoms with Crippen LogP contribution in [0.3, 0.4) is 0 Å². The Morgan fingerprint density at radius 3 is 2.13 bits per heavy atom. The summed E-state index contributed by atoms with van der Waals surface area (Å²) in [7, 11) is 0. The smallest absolute Gasteiger partial charge is 0.133 e. The summed E-state index contributed by atoms with van der Waals surface area (Å²) >= 11 is 0. The van der Waals surface area contributed by atoms with Gasteiger partial charge in [0.15, 0.2) is 0 Å². The van der Waals surface area contributed by atoms with E-state index in [9.17, 15) is 4.79 Å². The van der Waals surface area contributed by atoms with E-state index in [4.69, 9.17) is 0 Å². The first-order chi connectivity index (χ1) is 6.91. The van der Waals surface area contributed by atoms with Gasteiger partial charge < -0.3 is 0 Å². The molecule has 15 heavy (non-hydrogen) atoms. The van der Waals surface area contributed by atoms with Gasteiger partial charge in [0.25, 0.3) is 0 Å². The molecule has 1 nitrogen and oxygen atoms in total. The number of Topliss-reactive ketones (excluding diaryl/α,β-unsaturated/α-hetero) is 1. The summed E-state index contributed by atoms with van der Waals surface area (Å²) in [5.74, 6) is 0.395. The Morgan fingerprint density at radius 1 is 1.20 bits per heavy atom. The normalized spacial score (nSPS) is 13.6. The number of hydrogen-bond donors (Lipinski definition) is 0. The van der Waals surface area contributed by atoms with Crippen LogP contribution in [-0.2, 0) is 11.2 Å². The Hall–Kier alpha value is -1.11. The van der Waals surface area contributed by atoms with Gasteiger partial charge in [0.05, 0.1) is 0 Å². The Bertz CT molecular complexity index is 319. The fraction of sp³-hybridized carbons (Fsp3) is 0.500. The number of hydrogen-bond acceptors (Lipinski definition) is 1. The maximum atomic E-state index is 11.6. The third-order valence-corrected chi connectivity index (χ3v) is 2.82. The van der Waals surface area contributed by atoms with Crippen LogP contribution in [0.15, 0.2) is 30.3 Å². The van der Waals surface area contributed by atoms with Crippen LogP contribution in [0.4, 0.5) is 0 Å². The third-order valence-electron chi connectivity index (χ3n) is 2.82. The highest BCUT2D eigenvalue weighted by atomic mass is 16.1. The fourth-order valence-corrected chi connectivity index (χ4v) is 1.91. The van der Waals surface area contributed by atoms with E-state index in [0.29, 0.717) is 0 Å². The van der Waals surface area contributed by atoms with E-state index >= 15 is 0 Å². The van der Waals surface area contributed by atoms with Crippen molar-refractivity contribution >= 4 is 5.78 Å². The molecule has 1 aromatic carbocycles. The zero-order chi connectivity index (χ0) is 11.5. The monoisotopic (exact) mass is 204 g/mol. The van der Waals surface area contributed by atoms with Crippen LogP contribution in [0.1, 0.15) is 33.3 Å². The zero-order valence-electron chi connectivity index (χ0n) is 10.1. The van der Waals surface area contributed by atoms with Gasteiger partial charge in [-0.25, -0.2) is 0 Å².